The summed E-state index contributed by atoms with van der Waals surface area (Å²) < 4.78 is 0. The molecule has 0 aliphatic heterocycles. The van der Waals surface area contributed by atoms with Gasteiger partial charge in [0.05, 0.1) is 0 Å². The number of aromatic nitrogens is 1. The Kier molecular flexibility index (Phi) is 4.09. The lowest BCUT2D eigenvalue weighted by Crippen LogP contribution is -2.28. The molecule has 84 valence electrons. The van der Waals surface area contributed by atoms with Crippen LogP contribution in [0.1, 0.15) is 33.3 Å². The lowest BCUT2D eigenvalue weighted by molar-refractivity contribution is 0.626. The zero-order valence-corrected chi connectivity index (χ0v) is 10.1. The fraction of sp³-hybridized carbons (Fsp3) is 0.583. The summed E-state index contributed by atoms with van der Waals surface area (Å²) >= 11 is 0. The Morgan fingerprint density at radius 3 is 2.67 bits per heavy atom. The monoisotopic (exact) mass is 207 g/mol. The van der Waals surface area contributed by atoms with E-state index in [0.717, 1.165) is 18.9 Å². The molecule has 15 heavy (non-hydrogen) atoms. The molecular formula is C12H21N3. The summed E-state index contributed by atoms with van der Waals surface area (Å²) in [7, 11) is 0. The summed E-state index contributed by atoms with van der Waals surface area (Å²) in [6.45, 7) is 10.4. The molecule has 0 saturated heterocycles. The smallest absolute Gasteiger partial charge is 0.130 e. The zero-order chi connectivity index (χ0) is 11.3. The van der Waals surface area contributed by atoms with Crippen LogP contribution in [0.25, 0.3) is 0 Å². The summed E-state index contributed by atoms with van der Waals surface area (Å²) in [6, 6.07) is 4.07. The van der Waals surface area contributed by atoms with E-state index in [1.807, 2.05) is 12.3 Å². The molecule has 0 aliphatic rings. The van der Waals surface area contributed by atoms with Crippen LogP contribution in [0.15, 0.2) is 18.3 Å². The molecule has 0 aromatic carbocycles. The van der Waals surface area contributed by atoms with Crippen molar-refractivity contribution in [2.24, 2.45) is 0 Å². The summed E-state index contributed by atoms with van der Waals surface area (Å²) in [5, 5.41) is 6.72. The quantitative estimate of drug-likeness (QED) is 0.796. The van der Waals surface area contributed by atoms with Crippen molar-refractivity contribution in [3.63, 3.8) is 0 Å². The molecule has 0 unspecified atom stereocenters. The van der Waals surface area contributed by atoms with Crippen molar-refractivity contribution in [2.45, 2.75) is 39.8 Å². The SMILES string of the molecule is CCNCc1cccnc1NC(C)(C)C. The van der Waals surface area contributed by atoms with E-state index >= 15 is 0 Å². The molecule has 1 aromatic rings. The van der Waals surface area contributed by atoms with E-state index in [9.17, 15) is 0 Å². The minimum Gasteiger partial charge on any atom is -0.365 e. The van der Waals surface area contributed by atoms with E-state index in [1.165, 1.54) is 5.56 Å². The van der Waals surface area contributed by atoms with Gasteiger partial charge in [0, 0.05) is 23.8 Å². The standard InChI is InChI=1S/C12H21N3/c1-5-13-9-10-7-6-8-14-11(10)15-12(2,3)4/h6-8,13H,5,9H2,1-4H3,(H,14,15). The third-order valence-corrected chi connectivity index (χ3v) is 1.95. The van der Waals surface area contributed by atoms with Crippen molar-refractivity contribution in [3.05, 3.63) is 23.9 Å². The van der Waals surface area contributed by atoms with Gasteiger partial charge in [0.1, 0.15) is 5.82 Å². The van der Waals surface area contributed by atoms with Gasteiger partial charge in [-0.05, 0) is 33.4 Å². The first-order valence-corrected chi connectivity index (χ1v) is 5.45. The Hall–Kier alpha value is -1.09. The third kappa shape index (κ3) is 4.30. The van der Waals surface area contributed by atoms with Crippen LogP contribution in [0.2, 0.25) is 0 Å². The lowest BCUT2D eigenvalue weighted by Gasteiger charge is -2.23. The van der Waals surface area contributed by atoms with Crippen LogP contribution in [-0.2, 0) is 6.54 Å². The maximum atomic E-state index is 4.37. The van der Waals surface area contributed by atoms with Gasteiger partial charge in [0.25, 0.3) is 0 Å². The van der Waals surface area contributed by atoms with E-state index in [4.69, 9.17) is 0 Å². The molecule has 1 heterocycles. The molecule has 0 saturated carbocycles. The normalized spacial score (nSPS) is 11.5. The fourth-order valence-electron chi connectivity index (χ4n) is 1.31. The molecule has 2 N–H and O–H groups in total. The van der Waals surface area contributed by atoms with Crippen LogP contribution in [0, 0.1) is 0 Å². The second-order valence-electron chi connectivity index (χ2n) is 4.67. The predicted molar refractivity (Wildman–Crippen MR) is 65.0 cm³/mol. The summed E-state index contributed by atoms with van der Waals surface area (Å²) in [4.78, 5) is 4.37. The Labute approximate surface area is 92.3 Å². The van der Waals surface area contributed by atoms with Gasteiger partial charge in [-0.15, -0.1) is 0 Å². The lowest BCUT2D eigenvalue weighted by atomic mass is 10.1. The number of pyridine rings is 1. The van der Waals surface area contributed by atoms with Crippen molar-refractivity contribution in [1.29, 1.82) is 0 Å². The Balaban J connectivity index is 2.77. The van der Waals surface area contributed by atoms with Gasteiger partial charge in [-0.1, -0.05) is 13.0 Å². The number of nitrogens with zero attached hydrogens (tertiary/aromatic N) is 1. The van der Waals surface area contributed by atoms with Crippen LogP contribution >= 0.6 is 0 Å². The van der Waals surface area contributed by atoms with E-state index in [1.54, 1.807) is 0 Å². The second-order valence-corrected chi connectivity index (χ2v) is 4.67. The highest BCUT2D eigenvalue weighted by Crippen LogP contribution is 2.16. The average Bonchev–Trinajstić information content (AvgIpc) is 2.14. The Morgan fingerprint density at radius 2 is 2.07 bits per heavy atom. The molecule has 0 radical (unpaired) electrons. The molecule has 0 spiro atoms. The summed E-state index contributed by atoms with van der Waals surface area (Å²) in [6.07, 6.45) is 1.82. The molecule has 3 heteroatoms. The molecule has 0 aliphatic carbocycles. The van der Waals surface area contributed by atoms with Crippen LogP contribution in [-0.4, -0.2) is 17.1 Å². The zero-order valence-electron chi connectivity index (χ0n) is 10.1. The molecule has 0 bridgehead atoms. The van der Waals surface area contributed by atoms with Crippen molar-refractivity contribution in [3.8, 4) is 0 Å². The fourth-order valence-corrected chi connectivity index (χ4v) is 1.31. The van der Waals surface area contributed by atoms with Gasteiger partial charge in [-0.3, -0.25) is 0 Å². The minimum atomic E-state index is 0.0509. The van der Waals surface area contributed by atoms with Crippen molar-refractivity contribution < 1.29 is 0 Å². The average molecular weight is 207 g/mol. The Bertz CT molecular complexity index is 302. The summed E-state index contributed by atoms with van der Waals surface area (Å²) in [5.74, 6) is 0.978. The first-order valence-electron chi connectivity index (χ1n) is 5.45. The highest BCUT2D eigenvalue weighted by Gasteiger charge is 2.12. The first kappa shape index (κ1) is 12.0. The molecule has 1 rings (SSSR count). The van der Waals surface area contributed by atoms with Gasteiger partial charge in [-0.2, -0.15) is 0 Å². The summed E-state index contributed by atoms with van der Waals surface area (Å²) in [5.41, 5.74) is 1.27. The first-order chi connectivity index (χ1) is 7.03. The molecule has 1 aromatic heterocycles. The minimum absolute atomic E-state index is 0.0509. The van der Waals surface area contributed by atoms with E-state index in [-0.39, 0.29) is 5.54 Å². The van der Waals surface area contributed by atoms with Crippen molar-refractivity contribution in [2.75, 3.05) is 11.9 Å². The molecule has 3 nitrogen and oxygen atoms in total. The van der Waals surface area contributed by atoms with Crippen LogP contribution in [0.5, 0.6) is 0 Å². The highest BCUT2D eigenvalue weighted by atomic mass is 15.0. The number of rotatable bonds is 4. The van der Waals surface area contributed by atoms with Gasteiger partial charge in [0.15, 0.2) is 0 Å². The number of nitrogens with one attached hydrogen (secondary N) is 2. The van der Waals surface area contributed by atoms with Crippen LogP contribution in [0.4, 0.5) is 5.82 Å². The highest BCUT2D eigenvalue weighted by molar-refractivity contribution is 5.45. The van der Waals surface area contributed by atoms with Crippen molar-refractivity contribution >= 4 is 5.82 Å². The van der Waals surface area contributed by atoms with Gasteiger partial charge >= 0.3 is 0 Å². The van der Waals surface area contributed by atoms with E-state index < -0.39 is 0 Å². The van der Waals surface area contributed by atoms with Gasteiger partial charge in [0.2, 0.25) is 0 Å². The molecule has 0 fully saturated rings. The molecule has 0 amide bonds. The third-order valence-electron chi connectivity index (χ3n) is 1.95. The maximum absolute atomic E-state index is 4.37. The molecular weight excluding hydrogens is 186 g/mol. The maximum Gasteiger partial charge on any atom is 0.130 e. The number of hydrogen-bond acceptors (Lipinski definition) is 3. The molecule has 0 atom stereocenters. The Morgan fingerprint density at radius 1 is 1.33 bits per heavy atom. The predicted octanol–water partition coefficient (Wildman–Crippen LogP) is 2.40. The van der Waals surface area contributed by atoms with Gasteiger partial charge < -0.3 is 10.6 Å². The van der Waals surface area contributed by atoms with E-state index in [0.29, 0.717) is 0 Å². The van der Waals surface area contributed by atoms with Crippen LogP contribution < -0.4 is 10.6 Å². The van der Waals surface area contributed by atoms with Crippen molar-refractivity contribution in [1.82, 2.24) is 10.3 Å². The second kappa shape index (κ2) is 5.12. The van der Waals surface area contributed by atoms with Gasteiger partial charge in [-0.25, -0.2) is 4.98 Å². The number of anilines is 1. The number of hydrogen-bond donors (Lipinski definition) is 2. The topological polar surface area (TPSA) is 37.0 Å². The largest absolute Gasteiger partial charge is 0.365 e. The van der Waals surface area contributed by atoms with Crippen LogP contribution in [0.3, 0.4) is 0 Å². The van der Waals surface area contributed by atoms with E-state index in [2.05, 4.69) is 49.4 Å².